The van der Waals surface area contributed by atoms with Gasteiger partial charge in [0.15, 0.2) is 5.82 Å². The van der Waals surface area contributed by atoms with Crippen molar-refractivity contribution in [2.24, 2.45) is 0 Å². The van der Waals surface area contributed by atoms with Crippen molar-refractivity contribution in [2.75, 3.05) is 0 Å². The van der Waals surface area contributed by atoms with Gasteiger partial charge in [-0.05, 0) is 31.7 Å². The highest BCUT2D eigenvalue weighted by atomic mass is 35.5. The number of hydrogen-bond donors (Lipinski definition) is 0. The third-order valence-corrected chi connectivity index (χ3v) is 3.81. The molecule has 4 nitrogen and oxygen atoms in total. The number of aromatic nitrogens is 4. The Kier molecular flexibility index (Phi) is 3.05. The van der Waals surface area contributed by atoms with Crippen LogP contribution in [0.3, 0.4) is 0 Å². The maximum atomic E-state index is 6.22. The van der Waals surface area contributed by atoms with E-state index in [0.717, 1.165) is 35.7 Å². The Morgan fingerprint density at radius 1 is 1.32 bits per heavy atom. The molecule has 19 heavy (non-hydrogen) atoms. The summed E-state index contributed by atoms with van der Waals surface area (Å²) in [6.07, 6.45) is 4.27. The summed E-state index contributed by atoms with van der Waals surface area (Å²) in [4.78, 5) is 9.02. The molecule has 3 rings (SSSR count). The summed E-state index contributed by atoms with van der Waals surface area (Å²) in [5.41, 5.74) is 1.94. The lowest BCUT2D eigenvalue weighted by molar-refractivity contribution is 0.743. The molecule has 1 aliphatic rings. The monoisotopic (exact) mass is 276 g/mol. The standard InChI is InChI=1S/C14H17ClN4/c1-8(2)11-6-7-19(18-11)14-9(3)12(15)16-13(17-14)10-4-5-10/h6-8,10H,4-5H2,1-3H3. The van der Waals surface area contributed by atoms with Crippen molar-refractivity contribution < 1.29 is 0 Å². The van der Waals surface area contributed by atoms with E-state index in [-0.39, 0.29) is 0 Å². The average molecular weight is 277 g/mol. The molecule has 0 atom stereocenters. The maximum Gasteiger partial charge on any atom is 0.161 e. The van der Waals surface area contributed by atoms with E-state index in [2.05, 4.69) is 28.9 Å². The lowest BCUT2D eigenvalue weighted by Crippen LogP contribution is -2.07. The van der Waals surface area contributed by atoms with E-state index >= 15 is 0 Å². The summed E-state index contributed by atoms with van der Waals surface area (Å²) in [5, 5.41) is 5.11. The third-order valence-electron chi connectivity index (χ3n) is 3.44. The molecule has 2 aromatic heterocycles. The molecule has 2 heterocycles. The van der Waals surface area contributed by atoms with Crippen molar-refractivity contribution in [3.05, 3.63) is 34.5 Å². The molecule has 5 heteroatoms. The Morgan fingerprint density at radius 3 is 2.63 bits per heavy atom. The second-order valence-corrected chi connectivity index (χ2v) is 5.79. The molecule has 0 aliphatic heterocycles. The Bertz CT molecular complexity index is 614. The summed E-state index contributed by atoms with van der Waals surface area (Å²) < 4.78 is 1.81. The first-order valence-electron chi connectivity index (χ1n) is 6.66. The van der Waals surface area contributed by atoms with Crippen LogP contribution >= 0.6 is 11.6 Å². The van der Waals surface area contributed by atoms with Gasteiger partial charge in [0.1, 0.15) is 11.0 Å². The van der Waals surface area contributed by atoms with E-state index in [9.17, 15) is 0 Å². The van der Waals surface area contributed by atoms with E-state index in [1.54, 1.807) is 0 Å². The molecular formula is C14H17ClN4. The molecule has 100 valence electrons. The SMILES string of the molecule is Cc1c(Cl)nc(C2CC2)nc1-n1ccc(C(C)C)n1. The molecule has 0 N–H and O–H groups in total. The second kappa shape index (κ2) is 4.60. The molecule has 0 amide bonds. The summed E-state index contributed by atoms with van der Waals surface area (Å²) >= 11 is 6.22. The van der Waals surface area contributed by atoms with Crippen LogP contribution in [0.1, 0.15) is 55.6 Å². The van der Waals surface area contributed by atoms with Gasteiger partial charge < -0.3 is 0 Å². The molecule has 0 saturated heterocycles. The Labute approximate surface area is 117 Å². The number of hydrogen-bond acceptors (Lipinski definition) is 3. The van der Waals surface area contributed by atoms with Gasteiger partial charge >= 0.3 is 0 Å². The first-order valence-corrected chi connectivity index (χ1v) is 7.04. The maximum absolute atomic E-state index is 6.22. The van der Waals surface area contributed by atoms with Crippen LogP contribution in [0.4, 0.5) is 0 Å². The van der Waals surface area contributed by atoms with Gasteiger partial charge in [0.25, 0.3) is 0 Å². The topological polar surface area (TPSA) is 43.6 Å². The second-order valence-electron chi connectivity index (χ2n) is 5.44. The molecule has 0 spiro atoms. The Morgan fingerprint density at radius 2 is 2.05 bits per heavy atom. The highest BCUT2D eigenvalue weighted by Gasteiger charge is 2.28. The minimum absolute atomic E-state index is 0.404. The van der Waals surface area contributed by atoms with Gasteiger partial charge in [-0.15, -0.1) is 0 Å². The number of nitrogens with zero attached hydrogens (tertiary/aromatic N) is 4. The molecule has 0 radical (unpaired) electrons. The molecule has 0 aromatic carbocycles. The number of halogens is 1. The minimum atomic E-state index is 0.404. The van der Waals surface area contributed by atoms with Crippen LogP contribution in [0, 0.1) is 6.92 Å². The lowest BCUT2D eigenvalue weighted by Gasteiger charge is -2.09. The van der Waals surface area contributed by atoms with E-state index in [4.69, 9.17) is 11.6 Å². The highest BCUT2D eigenvalue weighted by molar-refractivity contribution is 6.30. The number of rotatable bonds is 3. The van der Waals surface area contributed by atoms with Crippen molar-refractivity contribution in [3.63, 3.8) is 0 Å². The first-order chi connectivity index (χ1) is 9.06. The molecule has 1 aliphatic carbocycles. The zero-order valence-electron chi connectivity index (χ0n) is 11.4. The van der Waals surface area contributed by atoms with Gasteiger partial charge in [-0.3, -0.25) is 0 Å². The molecule has 0 bridgehead atoms. The molecule has 1 fully saturated rings. The fourth-order valence-electron chi connectivity index (χ4n) is 2.01. The molecular weight excluding hydrogens is 260 g/mol. The van der Waals surface area contributed by atoms with Gasteiger partial charge in [-0.25, -0.2) is 14.6 Å². The van der Waals surface area contributed by atoms with Crippen LogP contribution in [0.5, 0.6) is 0 Å². The first kappa shape index (κ1) is 12.6. The summed E-state index contributed by atoms with van der Waals surface area (Å²) in [6.45, 7) is 6.19. The largest absolute Gasteiger partial charge is 0.222 e. The van der Waals surface area contributed by atoms with Crippen molar-refractivity contribution in [1.82, 2.24) is 19.7 Å². The van der Waals surface area contributed by atoms with E-state index in [1.807, 2.05) is 23.9 Å². The van der Waals surface area contributed by atoms with Crippen LogP contribution in [0.15, 0.2) is 12.3 Å². The van der Waals surface area contributed by atoms with Gasteiger partial charge in [-0.2, -0.15) is 5.10 Å². The average Bonchev–Trinajstić information content (AvgIpc) is 3.09. The molecule has 1 saturated carbocycles. The minimum Gasteiger partial charge on any atom is -0.222 e. The lowest BCUT2D eigenvalue weighted by atomic mass is 10.1. The van der Waals surface area contributed by atoms with Gasteiger partial charge in [-0.1, -0.05) is 25.4 Å². The van der Waals surface area contributed by atoms with E-state index in [1.165, 1.54) is 0 Å². The van der Waals surface area contributed by atoms with Crippen LogP contribution in [-0.2, 0) is 0 Å². The highest BCUT2D eigenvalue weighted by Crippen LogP contribution is 2.39. The summed E-state index contributed by atoms with van der Waals surface area (Å²) in [6, 6.07) is 2.02. The van der Waals surface area contributed by atoms with E-state index < -0.39 is 0 Å². The zero-order valence-corrected chi connectivity index (χ0v) is 12.1. The van der Waals surface area contributed by atoms with Crippen LogP contribution < -0.4 is 0 Å². The van der Waals surface area contributed by atoms with Crippen molar-refractivity contribution in [3.8, 4) is 5.82 Å². The van der Waals surface area contributed by atoms with Gasteiger partial charge in [0.2, 0.25) is 0 Å². The summed E-state index contributed by atoms with van der Waals surface area (Å²) in [5.74, 6) is 2.54. The Hall–Kier alpha value is -1.42. The van der Waals surface area contributed by atoms with Crippen molar-refractivity contribution in [2.45, 2.75) is 45.4 Å². The predicted molar refractivity (Wildman–Crippen MR) is 75.0 cm³/mol. The van der Waals surface area contributed by atoms with Crippen LogP contribution in [0.2, 0.25) is 5.15 Å². The predicted octanol–water partition coefficient (Wildman–Crippen LogP) is 3.62. The van der Waals surface area contributed by atoms with Gasteiger partial charge in [0.05, 0.1) is 5.69 Å². The molecule has 2 aromatic rings. The van der Waals surface area contributed by atoms with E-state index in [0.29, 0.717) is 17.0 Å². The van der Waals surface area contributed by atoms with Crippen LogP contribution in [-0.4, -0.2) is 19.7 Å². The Balaban J connectivity index is 2.06. The fraction of sp³-hybridized carbons (Fsp3) is 0.500. The summed E-state index contributed by atoms with van der Waals surface area (Å²) in [7, 11) is 0. The zero-order chi connectivity index (χ0) is 13.6. The molecule has 0 unspecified atom stereocenters. The quantitative estimate of drug-likeness (QED) is 0.804. The third kappa shape index (κ3) is 2.37. The normalized spacial score (nSPS) is 15.2. The van der Waals surface area contributed by atoms with Crippen molar-refractivity contribution >= 4 is 11.6 Å². The van der Waals surface area contributed by atoms with Gasteiger partial charge in [0, 0.05) is 17.7 Å². The smallest absolute Gasteiger partial charge is 0.161 e. The van der Waals surface area contributed by atoms with Crippen molar-refractivity contribution in [1.29, 1.82) is 0 Å². The van der Waals surface area contributed by atoms with Crippen LogP contribution in [0.25, 0.3) is 5.82 Å². The fourth-order valence-corrected chi connectivity index (χ4v) is 2.18.